The highest BCUT2D eigenvalue weighted by molar-refractivity contribution is 8.00. The molecule has 0 saturated carbocycles. The molecule has 0 aromatic heterocycles. The zero-order valence-corrected chi connectivity index (χ0v) is 11.5. The molecule has 2 nitrogen and oxygen atoms in total. The Morgan fingerprint density at radius 2 is 2.00 bits per heavy atom. The zero-order valence-electron chi connectivity index (χ0n) is 10.7. The van der Waals surface area contributed by atoms with Crippen molar-refractivity contribution in [2.75, 3.05) is 5.75 Å². The number of nitrogens with two attached hydrogens (primary N) is 1. The number of thioether (sulfide) groups is 1. The van der Waals surface area contributed by atoms with Gasteiger partial charge in [-0.05, 0) is 18.1 Å². The van der Waals surface area contributed by atoms with Crippen LogP contribution in [0.4, 0.5) is 4.39 Å². The van der Waals surface area contributed by atoms with Gasteiger partial charge in [0.15, 0.2) is 0 Å². The summed E-state index contributed by atoms with van der Waals surface area (Å²) in [6.45, 7) is 6.48. The molecular formula is C13H21FN2S. The van der Waals surface area contributed by atoms with Crippen LogP contribution in [0.5, 0.6) is 0 Å². The summed E-state index contributed by atoms with van der Waals surface area (Å²) in [5.41, 5.74) is 3.48. The first-order valence-corrected chi connectivity index (χ1v) is 6.74. The van der Waals surface area contributed by atoms with E-state index in [0.29, 0.717) is 12.0 Å². The highest BCUT2D eigenvalue weighted by Gasteiger charge is 2.16. The van der Waals surface area contributed by atoms with Gasteiger partial charge in [-0.25, -0.2) is 4.39 Å². The molecule has 17 heavy (non-hydrogen) atoms. The average molecular weight is 256 g/mol. The Morgan fingerprint density at radius 1 is 1.35 bits per heavy atom. The molecule has 96 valence electrons. The van der Waals surface area contributed by atoms with Crippen molar-refractivity contribution in [2.24, 2.45) is 5.84 Å². The Morgan fingerprint density at radius 3 is 2.53 bits per heavy atom. The number of benzene rings is 1. The molecule has 0 amide bonds. The number of rotatable bonds is 5. The van der Waals surface area contributed by atoms with Crippen LogP contribution in [0.1, 0.15) is 26.3 Å². The molecule has 1 aromatic rings. The predicted molar refractivity (Wildman–Crippen MR) is 73.4 cm³/mol. The van der Waals surface area contributed by atoms with E-state index in [1.54, 1.807) is 12.1 Å². The molecule has 0 bridgehead atoms. The molecule has 0 aliphatic rings. The van der Waals surface area contributed by atoms with Gasteiger partial charge in [-0.3, -0.25) is 11.3 Å². The zero-order chi connectivity index (χ0) is 12.9. The van der Waals surface area contributed by atoms with Crippen LogP contribution in [-0.4, -0.2) is 16.5 Å². The Kier molecular flexibility index (Phi) is 5.43. The molecule has 1 rings (SSSR count). The number of hydrazine groups is 1. The van der Waals surface area contributed by atoms with Gasteiger partial charge in [0.25, 0.3) is 0 Å². The second kappa shape index (κ2) is 6.38. The molecule has 0 radical (unpaired) electrons. The molecule has 4 heteroatoms. The second-order valence-electron chi connectivity index (χ2n) is 5.08. The van der Waals surface area contributed by atoms with E-state index >= 15 is 0 Å². The Labute approximate surface area is 107 Å². The lowest BCUT2D eigenvalue weighted by Gasteiger charge is -2.22. The molecule has 0 aliphatic carbocycles. The maximum atomic E-state index is 13.5. The van der Waals surface area contributed by atoms with Gasteiger partial charge in [-0.15, -0.1) is 0 Å². The van der Waals surface area contributed by atoms with Gasteiger partial charge in [-0.2, -0.15) is 11.8 Å². The van der Waals surface area contributed by atoms with Crippen LogP contribution in [0.15, 0.2) is 24.3 Å². The van der Waals surface area contributed by atoms with Gasteiger partial charge in [-0.1, -0.05) is 39.0 Å². The number of halogens is 1. The Bertz CT molecular complexity index is 350. The molecule has 1 unspecified atom stereocenters. The molecular weight excluding hydrogens is 235 g/mol. The fourth-order valence-electron chi connectivity index (χ4n) is 1.45. The van der Waals surface area contributed by atoms with Gasteiger partial charge in [0.1, 0.15) is 5.82 Å². The van der Waals surface area contributed by atoms with Crippen LogP contribution < -0.4 is 11.3 Å². The van der Waals surface area contributed by atoms with E-state index in [0.717, 1.165) is 5.75 Å². The van der Waals surface area contributed by atoms with Gasteiger partial charge in [0.2, 0.25) is 0 Å². The number of hydrogen-bond donors (Lipinski definition) is 2. The monoisotopic (exact) mass is 256 g/mol. The molecule has 0 saturated heterocycles. The fourth-order valence-corrected chi connectivity index (χ4v) is 2.36. The maximum Gasteiger partial charge on any atom is 0.126 e. The third-order valence-electron chi connectivity index (χ3n) is 2.38. The minimum Gasteiger partial charge on any atom is -0.271 e. The van der Waals surface area contributed by atoms with Crippen molar-refractivity contribution < 1.29 is 4.39 Å². The summed E-state index contributed by atoms with van der Waals surface area (Å²) in [6, 6.07) is 6.94. The van der Waals surface area contributed by atoms with Crippen molar-refractivity contribution in [3.05, 3.63) is 35.6 Å². The van der Waals surface area contributed by atoms with Crippen LogP contribution in [-0.2, 0) is 6.42 Å². The number of hydrogen-bond acceptors (Lipinski definition) is 3. The van der Waals surface area contributed by atoms with Crippen molar-refractivity contribution in [1.29, 1.82) is 0 Å². The van der Waals surface area contributed by atoms with E-state index in [1.807, 2.05) is 17.8 Å². The topological polar surface area (TPSA) is 38.0 Å². The molecule has 0 heterocycles. The van der Waals surface area contributed by atoms with E-state index in [-0.39, 0.29) is 16.6 Å². The largest absolute Gasteiger partial charge is 0.271 e. The van der Waals surface area contributed by atoms with Crippen LogP contribution >= 0.6 is 11.8 Å². The highest BCUT2D eigenvalue weighted by Crippen LogP contribution is 2.24. The third kappa shape index (κ3) is 5.52. The van der Waals surface area contributed by atoms with E-state index < -0.39 is 0 Å². The fraction of sp³-hybridized carbons (Fsp3) is 0.538. The summed E-state index contributed by atoms with van der Waals surface area (Å²) < 4.78 is 13.7. The van der Waals surface area contributed by atoms with E-state index in [1.165, 1.54) is 6.07 Å². The molecule has 0 aliphatic heterocycles. The second-order valence-corrected chi connectivity index (χ2v) is 6.93. The molecule has 1 aromatic carbocycles. The van der Waals surface area contributed by atoms with Crippen molar-refractivity contribution in [3.63, 3.8) is 0 Å². The Hall–Kier alpha value is -0.580. The molecule has 1 atom stereocenters. The normalized spacial score (nSPS) is 13.7. The Balaban J connectivity index is 2.56. The van der Waals surface area contributed by atoms with Gasteiger partial charge < -0.3 is 0 Å². The maximum absolute atomic E-state index is 13.5. The molecule has 3 N–H and O–H groups in total. The first kappa shape index (κ1) is 14.5. The standard InChI is InChI=1S/C13H21FN2S/c1-13(2,3)17-9-11(16-15)8-10-6-4-5-7-12(10)14/h4-7,11,16H,8-9,15H2,1-3H3. The summed E-state index contributed by atoms with van der Waals surface area (Å²) in [4.78, 5) is 0. The first-order chi connectivity index (χ1) is 7.92. The summed E-state index contributed by atoms with van der Waals surface area (Å²) in [6.07, 6.45) is 0.617. The summed E-state index contributed by atoms with van der Waals surface area (Å²) in [5.74, 6) is 6.22. The van der Waals surface area contributed by atoms with Crippen LogP contribution in [0.2, 0.25) is 0 Å². The van der Waals surface area contributed by atoms with Gasteiger partial charge in [0.05, 0.1) is 0 Å². The van der Waals surface area contributed by atoms with Crippen molar-refractivity contribution in [3.8, 4) is 0 Å². The molecule has 0 spiro atoms. The van der Waals surface area contributed by atoms with Crippen LogP contribution in [0, 0.1) is 5.82 Å². The highest BCUT2D eigenvalue weighted by atomic mass is 32.2. The van der Waals surface area contributed by atoms with E-state index in [2.05, 4.69) is 26.2 Å². The third-order valence-corrected chi connectivity index (χ3v) is 3.81. The van der Waals surface area contributed by atoms with Gasteiger partial charge in [0, 0.05) is 16.5 Å². The lowest BCUT2D eigenvalue weighted by Crippen LogP contribution is -2.39. The SMILES string of the molecule is CC(C)(C)SCC(Cc1ccccc1F)NN. The van der Waals surface area contributed by atoms with Crippen molar-refractivity contribution in [2.45, 2.75) is 38.0 Å². The van der Waals surface area contributed by atoms with Crippen LogP contribution in [0.25, 0.3) is 0 Å². The summed E-state index contributed by atoms with van der Waals surface area (Å²) in [7, 11) is 0. The first-order valence-electron chi connectivity index (χ1n) is 5.76. The summed E-state index contributed by atoms with van der Waals surface area (Å²) >= 11 is 1.83. The predicted octanol–water partition coefficient (Wildman–Crippen LogP) is 2.73. The minimum atomic E-state index is -0.159. The lowest BCUT2D eigenvalue weighted by atomic mass is 10.1. The van der Waals surface area contributed by atoms with Gasteiger partial charge >= 0.3 is 0 Å². The number of nitrogens with one attached hydrogen (secondary N) is 1. The van der Waals surface area contributed by atoms with Crippen molar-refractivity contribution in [1.82, 2.24) is 5.43 Å². The molecule has 0 fully saturated rings. The lowest BCUT2D eigenvalue weighted by molar-refractivity contribution is 0.545. The minimum absolute atomic E-state index is 0.0936. The quantitative estimate of drug-likeness (QED) is 0.628. The smallest absolute Gasteiger partial charge is 0.126 e. The van der Waals surface area contributed by atoms with Crippen molar-refractivity contribution >= 4 is 11.8 Å². The van der Waals surface area contributed by atoms with E-state index in [9.17, 15) is 4.39 Å². The summed E-state index contributed by atoms with van der Waals surface area (Å²) in [5, 5.41) is 0. The van der Waals surface area contributed by atoms with Crippen LogP contribution in [0.3, 0.4) is 0 Å². The average Bonchev–Trinajstić information content (AvgIpc) is 2.25. The van der Waals surface area contributed by atoms with E-state index in [4.69, 9.17) is 5.84 Å².